The van der Waals surface area contributed by atoms with Crippen LogP contribution in [0.25, 0.3) is 0 Å². The van der Waals surface area contributed by atoms with Gasteiger partial charge in [0.1, 0.15) is 5.82 Å². The summed E-state index contributed by atoms with van der Waals surface area (Å²) in [6.07, 6.45) is 51.5. The molecule has 0 radical (unpaired) electrons. The zero-order valence-corrected chi connectivity index (χ0v) is 36.6. The molecule has 0 spiro atoms. The fourth-order valence-corrected chi connectivity index (χ4v) is 7.94. The van der Waals surface area contributed by atoms with E-state index in [2.05, 4.69) is 36.5 Å². The van der Waals surface area contributed by atoms with Crippen LogP contribution in [-0.4, -0.2) is 55.3 Å². The van der Waals surface area contributed by atoms with Crippen LogP contribution in [0, 0.1) is 5.92 Å². The Bertz CT molecular complexity index is 683. The molecule has 3 N–H and O–H groups in total. The lowest BCUT2D eigenvalue weighted by Gasteiger charge is -2.24. The molecule has 0 aliphatic heterocycles. The molecule has 0 aliphatic rings. The van der Waals surface area contributed by atoms with Gasteiger partial charge in [-0.1, -0.05) is 226 Å². The molecule has 0 aromatic carbocycles. The van der Waals surface area contributed by atoms with Gasteiger partial charge in [-0.05, 0) is 44.8 Å². The molecule has 0 amide bonds. The summed E-state index contributed by atoms with van der Waals surface area (Å²) in [5, 5.41) is 12.6. The molecule has 0 bridgehead atoms. The Balaban J connectivity index is 4.41. The van der Waals surface area contributed by atoms with Crippen molar-refractivity contribution in [2.24, 2.45) is 5.92 Å². The normalized spacial score (nSPS) is 12.0. The lowest BCUT2D eigenvalue weighted by molar-refractivity contribution is 0.209. The van der Waals surface area contributed by atoms with E-state index in [1.165, 1.54) is 231 Å². The molecule has 0 aromatic heterocycles. The molecule has 0 aromatic rings. The lowest BCUT2D eigenvalue weighted by Crippen LogP contribution is -2.32. The first-order chi connectivity index (χ1) is 25.6. The monoisotopic (exact) mass is 735 g/mol. The zero-order valence-electron chi connectivity index (χ0n) is 36.6. The Labute approximate surface area is 328 Å². The Morgan fingerprint density at radius 3 is 1.08 bits per heavy atom. The molecule has 52 heavy (non-hydrogen) atoms. The molecule has 0 rings (SSSR count). The van der Waals surface area contributed by atoms with Gasteiger partial charge in [0.25, 0.3) is 0 Å². The fraction of sp³-hybridized carbons (Fsp3) is 0.957. The Morgan fingerprint density at radius 1 is 0.442 bits per heavy atom. The third-order valence-corrected chi connectivity index (χ3v) is 11.5. The van der Waals surface area contributed by atoms with Crippen molar-refractivity contribution < 1.29 is 5.21 Å². The molecule has 0 saturated heterocycles. The minimum atomic E-state index is 0.919. The summed E-state index contributed by atoms with van der Waals surface area (Å²) in [7, 11) is 4.01. The van der Waals surface area contributed by atoms with Gasteiger partial charge >= 0.3 is 0 Å². The average molecular weight is 735 g/mol. The maximum absolute atomic E-state index is 9.12. The van der Waals surface area contributed by atoms with Crippen LogP contribution in [0.3, 0.4) is 0 Å². The third kappa shape index (κ3) is 37.4. The van der Waals surface area contributed by atoms with E-state index in [-0.39, 0.29) is 0 Å². The molecule has 0 fully saturated rings. The maximum Gasteiger partial charge on any atom is 0.119 e. The van der Waals surface area contributed by atoms with E-state index in [0.717, 1.165) is 31.2 Å². The molecule has 0 atom stereocenters. The number of hydroxylamine groups is 1. The molecule has 0 heterocycles. The number of rotatable bonds is 44. The van der Waals surface area contributed by atoms with Crippen molar-refractivity contribution in [2.75, 3.05) is 40.3 Å². The Morgan fingerprint density at radius 2 is 0.750 bits per heavy atom. The second-order valence-electron chi connectivity index (χ2n) is 16.8. The van der Waals surface area contributed by atoms with Crippen molar-refractivity contribution in [1.29, 1.82) is 0 Å². The molecule has 5 nitrogen and oxygen atoms in total. The SMILES string of the molecule is CCCCCCCCCCCCCCCCN(CCCCCCCC(CCCCCCCC)CCCCCCCC)CCCN/C(=C/NO)N(C)C. The van der Waals surface area contributed by atoms with Gasteiger partial charge in [-0.2, -0.15) is 0 Å². The molecule has 0 aliphatic carbocycles. The Hall–Kier alpha value is -0.940. The van der Waals surface area contributed by atoms with Crippen LogP contribution in [-0.2, 0) is 0 Å². The van der Waals surface area contributed by atoms with Crippen LogP contribution in [0.2, 0.25) is 0 Å². The Kier molecular flexibility index (Phi) is 42.0. The minimum absolute atomic E-state index is 0.919. The quantitative estimate of drug-likeness (QED) is 0.0430. The first kappa shape index (κ1) is 51.1. The van der Waals surface area contributed by atoms with E-state index in [1.807, 2.05) is 19.0 Å². The summed E-state index contributed by atoms with van der Waals surface area (Å²) in [6, 6.07) is 0. The predicted molar refractivity (Wildman–Crippen MR) is 233 cm³/mol. The molecule has 312 valence electrons. The van der Waals surface area contributed by atoms with E-state index in [4.69, 9.17) is 5.21 Å². The average Bonchev–Trinajstić information content (AvgIpc) is 3.14. The zero-order chi connectivity index (χ0) is 38.0. The number of nitrogens with zero attached hydrogens (tertiary/aromatic N) is 2. The highest BCUT2D eigenvalue weighted by molar-refractivity contribution is 4.94. The highest BCUT2D eigenvalue weighted by Crippen LogP contribution is 2.25. The van der Waals surface area contributed by atoms with Crippen molar-refractivity contribution >= 4 is 0 Å². The first-order valence-electron chi connectivity index (χ1n) is 23.8. The van der Waals surface area contributed by atoms with E-state index < -0.39 is 0 Å². The molecular weight excluding hydrogens is 637 g/mol. The van der Waals surface area contributed by atoms with E-state index in [9.17, 15) is 0 Å². The molecule has 0 saturated carbocycles. The summed E-state index contributed by atoms with van der Waals surface area (Å²) in [4.78, 5) is 4.75. The highest BCUT2D eigenvalue weighted by atomic mass is 16.5. The standard InChI is InChI=1S/C47H98N4O/c1-6-9-12-15-18-19-20-21-22-23-24-25-30-35-42-51(44-37-41-48-47(45-49-52)50(4)5)43-36-31-26-29-34-40-46(38-32-27-16-13-10-7-2)39-33-28-17-14-11-8-3/h45-46,48-49,52H,6-44H2,1-5H3/b47-45-. The topological polar surface area (TPSA) is 50.8 Å². The van der Waals surface area contributed by atoms with E-state index in [0.29, 0.717) is 0 Å². The summed E-state index contributed by atoms with van der Waals surface area (Å²) in [5.74, 6) is 1.91. The number of hydrogen-bond acceptors (Lipinski definition) is 5. The minimum Gasteiger partial charge on any atom is -0.370 e. The predicted octanol–water partition coefficient (Wildman–Crippen LogP) is 14.5. The second-order valence-corrected chi connectivity index (χ2v) is 16.8. The highest BCUT2D eigenvalue weighted by Gasteiger charge is 2.10. The van der Waals surface area contributed by atoms with Crippen molar-refractivity contribution in [3.8, 4) is 0 Å². The van der Waals surface area contributed by atoms with Crippen LogP contribution in [0.1, 0.15) is 245 Å². The van der Waals surface area contributed by atoms with Crippen molar-refractivity contribution in [3.63, 3.8) is 0 Å². The van der Waals surface area contributed by atoms with Crippen molar-refractivity contribution in [1.82, 2.24) is 20.6 Å². The maximum atomic E-state index is 9.12. The number of hydrogen-bond donors (Lipinski definition) is 3. The fourth-order valence-electron chi connectivity index (χ4n) is 7.94. The molecular formula is C47H98N4O. The van der Waals surface area contributed by atoms with Crippen molar-refractivity contribution in [2.45, 2.75) is 245 Å². The van der Waals surface area contributed by atoms with E-state index >= 15 is 0 Å². The van der Waals surface area contributed by atoms with Crippen LogP contribution in [0.5, 0.6) is 0 Å². The van der Waals surface area contributed by atoms with Gasteiger partial charge in [0.2, 0.25) is 0 Å². The van der Waals surface area contributed by atoms with Gasteiger partial charge in [-0.25, -0.2) is 0 Å². The number of unbranched alkanes of at least 4 members (excludes halogenated alkanes) is 27. The first-order valence-corrected chi connectivity index (χ1v) is 23.8. The van der Waals surface area contributed by atoms with Gasteiger partial charge < -0.3 is 15.1 Å². The van der Waals surface area contributed by atoms with Crippen molar-refractivity contribution in [3.05, 3.63) is 12.0 Å². The lowest BCUT2D eigenvalue weighted by atomic mass is 9.89. The van der Waals surface area contributed by atoms with Crippen LogP contribution >= 0.6 is 0 Å². The third-order valence-electron chi connectivity index (χ3n) is 11.5. The summed E-state index contributed by atoms with van der Waals surface area (Å²) < 4.78 is 0. The van der Waals surface area contributed by atoms with Gasteiger partial charge in [-0.3, -0.25) is 10.7 Å². The molecule has 0 unspecified atom stereocenters. The summed E-state index contributed by atoms with van der Waals surface area (Å²) >= 11 is 0. The van der Waals surface area contributed by atoms with Crippen LogP contribution < -0.4 is 10.8 Å². The summed E-state index contributed by atoms with van der Waals surface area (Å²) in [5.41, 5.74) is 2.18. The molecule has 5 heteroatoms. The van der Waals surface area contributed by atoms with Gasteiger partial charge in [0.05, 0.1) is 6.20 Å². The smallest absolute Gasteiger partial charge is 0.119 e. The van der Waals surface area contributed by atoms with Gasteiger partial charge in [0, 0.05) is 20.6 Å². The second kappa shape index (κ2) is 42.8. The van der Waals surface area contributed by atoms with Crippen LogP contribution in [0.15, 0.2) is 12.0 Å². The number of nitrogens with one attached hydrogen (secondary N) is 2. The van der Waals surface area contributed by atoms with Gasteiger partial charge in [0.15, 0.2) is 0 Å². The largest absolute Gasteiger partial charge is 0.370 e. The van der Waals surface area contributed by atoms with E-state index in [1.54, 1.807) is 6.20 Å². The van der Waals surface area contributed by atoms with Crippen LogP contribution in [0.4, 0.5) is 0 Å². The van der Waals surface area contributed by atoms with Gasteiger partial charge in [-0.15, -0.1) is 0 Å². The summed E-state index contributed by atoms with van der Waals surface area (Å²) in [6.45, 7) is 11.6.